The molecular weight excluding hydrogens is 279 g/mol. The van der Waals surface area contributed by atoms with Crippen LogP contribution in [0.2, 0.25) is 0 Å². The van der Waals surface area contributed by atoms with Crippen LogP contribution in [0.15, 0.2) is 17.0 Å². The highest BCUT2D eigenvalue weighted by atomic mass is 32.1. The number of rotatable bonds is 4. The predicted molar refractivity (Wildman–Crippen MR) is 66.0 cm³/mol. The molecule has 0 aliphatic heterocycles. The lowest BCUT2D eigenvalue weighted by molar-refractivity contribution is -0.141. The van der Waals surface area contributed by atoms with Gasteiger partial charge in [0.2, 0.25) is 5.95 Å². The summed E-state index contributed by atoms with van der Waals surface area (Å²) in [6.07, 6.45) is -4.51. The van der Waals surface area contributed by atoms with Crippen molar-refractivity contribution in [3.8, 4) is 0 Å². The topological polar surface area (TPSA) is 62.7 Å². The van der Waals surface area contributed by atoms with Crippen LogP contribution in [-0.2, 0) is 12.7 Å². The predicted octanol–water partition coefficient (Wildman–Crippen LogP) is 2.61. The van der Waals surface area contributed by atoms with Gasteiger partial charge in [-0.25, -0.2) is 9.97 Å². The lowest BCUT2D eigenvalue weighted by Crippen LogP contribution is -2.13. The molecule has 2 aromatic rings. The van der Waals surface area contributed by atoms with Gasteiger partial charge < -0.3 is 10.6 Å². The Morgan fingerprint density at radius 1 is 1.32 bits per heavy atom. The Balaban J connectivity index is 2.19. The summed E-state index contributed by atoms with van der Waals surface area (Å²) >= 11 is 1.41. The van der Waals surface area contributed by atoms with E-state index in [1.807, 2.05) is 0 Å². The number of alkyl halides is 3. The van der Waals surface area contributed by atoms with Crippen molar-refractivity contribution in [1.29, 1.82) is 0 Å². The van der Waals surface area contributed by atoms with Gasteiger partial charge in [0.1, 0.15) is 5.82 Å². The van der Waals surface area contributed by atoms with Gasteiger partial charge in [-0.05, 0) is 0 Å². The lowest BCUT2D eigenvalue weighted by atomic mass is 10.3. The molecule has 19 heavy (non-hydrogen) atoms. The number of halogens is 3. The molecule has 0 aliphatic rings. The Bertz CT molecular complexity index is 541. The molecule has 2 heterocycles. The van der Waals surface area contributed by atoms with E-state index < -0.39 is 11.9 Å². The van der Waals surface area contributed by atoms with E-state index in [-0.39, 0.29) is 11.8 Å². The third-order valence-corrected chi connectivity index (χ3v) is 2.81. The minimum absolute atomic E-state index is 0.0874. The Kier molecular flexibility index (Phi) is 3.84. The summed E-state index contributed by atoms with van der Waals surface area (Å²) in [4.78, 5) is 11.3. The van der Waals surface area contributed by atoms with Crippen LogP contribution in [-0.4, -0.2) is 22.0 Å². The van der Waals surface area contributed by atoms with Crippen LogP contribution in [0.25, 0.3) is 0 Å². The molecule has 2 N–H and O–H groups in total. The lowest BCUT2D eigenvalue weighted by Gasteiger charge is -2.10. The number of hydrogen-bond donors (Lipinski definition) is 2. The number of thiazole rings is 1. The first-order valence-corrected chi connectivity index (χ1v) is 6.18. The molecule has 0 saturated carbocycles. The first kappa shape index (κ1) is 13.5. The molecule has 102 valence electrons. The van der Waals surface area contributed by atoms with Crippen LogP contribution in [0.1, 0.15) is 11.4 Å². The van der Waals surface area contributed by atoms with E-state index in [9.17, 15) is 13.2 Å². The molecule has 0 amide bonds. The highest BCUT2D eigenvalue weighted by molar-refractivity contribution is 7.07. The van der Waals surface area contributed by atoms with E-state index >= 15 is 0 Å². The van der Waals surface area contributed by atoms with Gasteiger partial charge >= 0.3 is 6.18 Å². The second kappa shape index (κ2) is 5.39. The van der Waals surface area contributed by atoms with E-state index in [4.69, 9.17) is 0 Å². The molecule has 0 spiro atoms. The number of anilines is 2. The summed E-state index contributed by atoms with van der Waals surface area (Å²) < 4.78 is 37.9. The zero-order valence-electron chi connectivity index (χ0n) is 9.82. The SMILES string of the molecule is CNc1nc(NCc2cscn2)cc(C(F)(F)F)n1. The molecule has 0 atom stereocenters. The van der Waals surface area contributed by atoms with Crippen LogP contribution in [0.3, 0.4) is 0 Å². The minimum Gasteiger partial charge on any atom is -0.364 e. The molecule has 0 radical (unpaired) electrons. The summed E-state index contributed by atoms with van der Waals surface area (Å²) in [5.74, 6) is 0.00952. The molecule has 9 heteroatoms. The summed E-state index contributed by atoms with van der Waals surface area (Å²) in [6, 6.07) is 0.868. The van der Waals surface area contributed by atoms with Crippen LogP contribution in [0.4, 0.5) is 24.9 Å². The van der Waals surface area contributed by atoms with Crippen molar-refractivity contribution in [2.24, 2.45) is 0 Å². The van der Waals surface area contributed by atoms with E-state index in [1.165, 1.54) is 18.4 Å². The molecular formula is C10H10F3N5S. The highest BCUT2D eigenvalue weighted by Crippen LogP contribution is 2.29. The third-order valence-electron chi connectivity index (χ3n) is 2.17. The minimum atomic E-state index is -4.51. The fourth-order valence-corrected chi connectivity index (χ4v) is 1.86. The highest BCUT2D eigenvalue weighted by Gasteiger charge is 2.33. The van der Waals surface area contributed by atoms with Gasteiger partial charge in [-0.1, -0.05) is 0 Å². The van der Waals surface area contributed by atoms with Crippen molar-refractivity contribution >= 4 is 23.1 Å². The smallest absolute Gasteiger partial charge is 0.364 e. The van der Waals surface area contributed by atoms with Crippen LogP contribution >= 0.6 is 11.3 Å². The molecule has 2 aromatic heterocycles. The van der Waals surface area contributed by atoms with Gasteiger partial charge in [-0.3, -0.25) is 0 Å². The largest absolute Gasteiger partial charge is 0.433 e. The Labute approximate surface area is 110 Å². The Morgan fingerprint density at radius 3 is 2.68 bits per heavy atom. The van der Waals surface area contributed by atoms with Crippen LogP contribution in [0.5, 0.6) is 0 Å². The maximum Gasteiger partial charge on any atom is 0.433 e. The van der Waals surface area contributed by atoms with Gasteiger partial charge in [-0.2, -0.15) is 18.2 Å². The third kappa shape index (κ3) is 3.53. The first-order chi connectivity index (χ1) is 8.99. The second-order valence-corrected chi connectivity index (χ2v) is 4.26. The number of hydrogen-bond acceptors (Lipinski definition) is 6. The monoisotopic (exact) mass is 289 g/mol. The molecule has 0 aliphatic carbocycles. The molecule has 2 rings (SSSR count). The molecule has 0 fully saturated rings. The molecule has 0 saturated heterocycles. The van der Waals surface area contributed by atoms with Crippen molar-refractivity contribution in [2.45, 2.75) is 12.7 Å². The number of aromatic nitrogens is 3. The Morgan fingerprint density at radius 2 is 2.11 bits per heavy atom. The van der Waals surface area contributed by atoms with E-state index in [0.29, 0.717) is 6.54 Å². The molecule has 0 bridgehead atoms. The van der Waals surface area contributed by atoms with Crippen molar-refractivity contribution in [3.63, 3.8) is 0 Å². The van der Waals surface area contributed by atoms with Gasteiger partial charge in [0.05, 0.1) is 17.7 Å². The maximum atomic E-state index is 12.6. The average Bonchev–Trinajstić information content (AvgIpc) is 2.88. The standard InChI is InChI=1S/C10H10F3N5S/c1-14-9-17-7(10(11,12)13)2-8(18-9)15-3-6-4-19-5-16-6/h2,4-5H,3H2,1H3,(H2,14,15,17,18). The van der Waals surface area contributed by atoms with Gasteiger partial charge in [-0.15, -0.1) is 11.3 Å². The summed E-state index contributed by atoms with van der Waals surface area (Å²) in [7, 11) is 1.46. The molecule has 0 aromatic carbocycles. The quantitative estimate of drug-likeness (QED) is 0.906. The average molecular weight is 289 g/mol. The van der Waals surface area contributed by atoms with Gasteiger partial charge in [0.25, 0.3) is 0 Å². The van der Waals surface area contributed by atoms with Crippen molar-refractivity contribution in [3.05, 3.63) is 28.3 Å². The van der Waals surface area contributed by atoms with Crippen molar-refractivity contribution in [2.75, 3.05) is 17.7 Å². The molecule has 5 nitrogen and oxygen atoms in total. The van der Waals surface area contributed by atoms with Crippen LogP contribution < -0.4 is 10.6 Å². The number of nitrogens with one attached hydrogen (secondary N) is 2. The van der Waals surface area contributed by atoms with Gasteiger partial charge in [0, 0.05) is 18.5 Å². The Hall–Kier alpha value is -1.90. The van der Waals surface area contributed by atoms with Crippen molar-refractivity contribution < 1.29 is 13.2 Å². The fourth-order valence-electron chi connectivity index (χ4n) is 1.30. The molecule has 0 unspecified atom stereocenters. The summed E-state index contributed by atoms with van der Waals surface area (Å²) in [6.45, 7) is 0.307. The van der Waals surface area contributed by atoms with Crippen molar-refractivity contribution in [1.82, 2.24) is 15.0 Å². The van der Waals surface area contributed by atoms with E-state index in [2.05, 4.69) is 25.6 Å². The van der Waals surface area contributed by atoms with Gasteiger partial charge in [0.15, 0.2) is 5.69 Å². The van der Waals surface area contributed by atoms with E-state index in [0.717, 1.165) is 11.8 Å². The van der Waals surface area contributed by atoms with Crippen LogP contribution in [0, 0.1) is 0 Å². The number of nitrogens with zero attached hydrogens (tertiary/aromatic N) is 3. The van der Waals surface area contributed by atoms with E-state index in [1.54, 1.807) is 10.9 Å². The normalized spacial score (nSPS) is 11.4. The summed E-state index contributed by atoms with van der Waals surface area (Å²) in [5.41, 5.74) is 1.40. The zero-order chi connectivity index (χ0) is 13.9. The maximum absolute atomic E-state index is 12.6. The second-order valence-electron chi connectivity index (χ2n) is 3.54. The fraction of sp³-hybridized carbons (Fsp3) is 0.300. The summed E-state index contributed by atoms with van der Waals surface area (Å²) in [5, 5.41) is 7.09. The zero-order valence-corrected chi connectivity index (χ0v) is 10.6. The first-order valence-electron chi connectivity index (χ1n) is 5.24.